The summed E-state index contributed by atoms with van der Waals surface area (Å²) in [7, 11) is 4.25. The van der Waals surface area contributed by atoms with Crippen LogP contribution in [0, 0.1) is 0 Å². The minimum atomic E-state index is 0.157. The lowest BCUT2D eigenvalue weighted by Gasteiger charge is -2.23. The van der Waals surface area contributed by atoms with Gasteiger partial charge < -0.3 is 9.80 Å². The number of hydrogen-bond acceptors (Lipinski definition) is 4. The average Bonchev–Trinajstić information content (AvgIpc) is 2.80. The van der Waals surface area contributed by atoms with Crippen LogP contribution in [0.1, 0.15) is 29.6 Å². The molecule has 3 rings (SSSR count). The molecule has 1 saturated heterocycles. The van der Waals surface area contributed by atoms with Crippen molar-refractivity contribution in [3.63, 3.8) is 0 Å². The summed E-state index contributed by atoms with van der Waals surface area (Å²) in [6.07, 6.45) is 3.31. The number of carbonyl (C=O) groups is 1. The second kappa shape index (κ2) is 6.12. The van der Waals surface area contributed by atoms with Crippen LogP contribution in [0.4, 0.5) is 0 Å². The van der Waals surface area contributed by atoms with Crippen molar-refractivity contribution in [1.29, 1.82) is 0 Å². The molecule has 1 unspecified atom stereocenters. The Labute approximate surface area is 129 Å². The SMILES string of the molecule is CN(C)C1CCCN(C(=O)c2ccc3ncsc3c2)CC1. The molecule has 0 N–H and O–H groups in total. The molecule has 1 aromatic heterocycles. The number of carbonyl (C=O) groups excluding carboxylic acids is 1. The molecular weight excluding hydrogens is 282 g/mol. The van der Waals surface area contributed by atoms with Crippen LogP contribution in [0.3, 0.4) is 0 Å². The van der Waals surface area contributed by atoms with Crippen molar-refractivity contribution in [3.8, 4) is 0 Å². The molecule has 4 nitrogen and oxygen atoms in total. The number of nitrogens with zero attached hydrogens (tertiary/aromatic N) is 3. The highest BCUT2D eigenvalue weighted by Crippen LogP contribution is 2.21. The summed E-state index contributed by atoms with van der Waals surface area (Å²) >= 11 is 1.59. The van der Waals surface area contributed by atoms with Gasteiger partial charge in [0, 0.05) is 24.7 Å². The van der Waals surface area contributed by atoms with Crippen LogP contribution in [0.5, 0.6) is 0 Å². The molecule has 112 valence electrons. The normalized spacial score (nSPS) is 20.0. The smallest absolute Gasteiger partial charge is 0.253 e. The van der Waals surface area contributed by atoms with E-state index in [1.165, 1.54) is 6.42 Å². The van der Waals surface area contributed by atoms with Crippen LogP contribution in [-0.4, -0.2) is 53.9 Å². The van der Waals surface area contributed by atoms with Gasteiger partial charge >= 0.3 is 0 Å². The van der Waals surface area contributed by atoms with E-state index in [9.17, 15) is 4.79 Å². The molecule has 5 heteroatoms. The van der Waals surface area contributed by atoms with Crippen molar-refractivity contribution >= 4 is 27.5 Å². The van der Waals surface area contributed by atoms with E-state index in [2.05, 4.69) is 24.0 Å². The lowest BCUT2D eigenvalue weighted by molar-refractivity contribution is 0.0759. The topological polar surface area (TPSA) is 36.4 Å². The second-order valence-corrected chi connectivity index (χ2v) is 6.76. The van der Waals surface area contributed by atoms with Gasteiger partial charge in [-0.25, -0.2) is 4.98 Å². The van der Waals surface area contributed by atoms with E-state index in [4.69, 9.17) is 0 Å². The first-order valence-electron chi connectivity index (χ1n) is 7.44. The highest BCUT2D eigenvalue weighted by molar-refractivity contribution is 7.16. The van der Waals surface area contributed by atoms with Gasteiger partial charge in [0.05, 0.1) is 15.7 Å². The van der Waals surface area contributed by atoms with Gasteiger partial charge in [0.2, 0.25) is 0 Å². The van der Waals surface area contributed by atoms with E-state index in [0.717, 1.165) is 41.7 Å². The zero-order valence-electron chi connectivity index (χ0n) is 12.6. The van der Waals surface area contributed by atoms with Crippen molar-refractivity contribution in [2.24, 2.45) is 0 Å². The lowest BCUT2D eigenvalue weighted by atomic mass is 10.1. The number of likely N-dealkylation sites (tertiary alicyclic amines) is 1. The molecule has 2 aromatic rings. The maximum Gasteiger partial charge on any atom is 0.253 e. The Bertz CT molecular complexity index is 637. The van der Waals surface area contributed by atoms with Gasteiger partial charge in [-0.1, -0.05) is 0 Å². The fourth-order valence-electron chi connectivity index (χ4n) is 2.97. The Hall–Kier alpha value is -1.46. The second-order valence-electron chi connectivity index (χ2n) is 5.88. The minimum Gasteiger partial charge on any atom is -0.339 e. The molecule has 1 atom stereocenters. The fraction of sp³-hybridized carbons (Fsp3) is 0.500. The quantitative estimate of drug-likeness (QED) is 0.856. The van der Waals surface area contributed by atoms with Crippen molar-refractivity contribution in [3.05, 3.63) is 29.3 Å². The summed E-state index contributed by atoms with van der Waals surface area (Å²) in [6.45, 7) is 1.71. The molecule has 1 aromatic carbocycles. The third-order valence-electron chi connectivity index (χ3n) is 4.29. The summed E-state index contributed by atoms with van der Waals surface area (Å²) in [5.41, 5.74) is 3.59. The van der Waals surface area contributed by atoms with Gasteiger partial charge in [-0.05, 0) is 51.6 Å². The van der Waals surface area contributed by atoms with Crippen molar-refractivity contribution in [2.45, 2.75) is 25.3 Å². The standard InChI is InChI=1S/C16H21N3OS/c1-18(2)13-4-3-8-19(9-7-13)16(20)12-5-6-14-15(10-12)21-11-17-14/h5-6,10-11,13H,3-4,7-9H2,1-2H3. The van der Waals surface area contributed by atoms with Crippen molar-refractivity contribution in [2.75, 3.05) is 27.2 Å². The average molecular weight is 303 g/mol. The molecule has 1 aliphatic heterocycles. The van der Waals surface area contributed by atoms with Crippen LogP contribution >= 0.6 is 11.3 Å². The first kappa shape index (κ1) is 14.5. The number of rotatable bonds is 2. The van der Waals surface area contributed by atoms with Crippen LogP contribution in [0.25, 0.3) is 10.2 Å². The summed E-state index contributed by atoms with van der Waals surface area (Å²) in [5, 5.41) is 0. The van der Waals surface area contributed by atoms with Gasteiger partial charge in [-0.2, -0.15) is 0 Å². The van der Waals surface area contributed by atoms with Gasteiger partial charge in [-0.3, -0.25) is 4.79 Å². The van der Waals surface area contributed by atoms with Gasteiger partial charge in [0.25, 0.3) is 5.91 Å². The molecule has 1 aliphatic rings. The number of hydrogen-bond donors (Lipinski definition) is 0. The molecule has 0 aliphatic carbocycles. The molecule has 0 bridgehead atoms. The largest absolute Gasteiger partial charge is 0.339 e. The Morgan fingerprint density at radius 3 is 3.00 bits per heavy atom. The van der Waals surface area contributed by atoms with E-state index < -0.39 is 0 Å². The molecule has 1 amide bonds. The van der Waals surface area contributed by atoms with E-state index in [1.54, 1.807) is 11.3 Å². The van der Waals surface area contributed by atoms with Crippen molar-refractivity contribution < 1.29 is 4.79 Å². The monoisotopic (exact) mass is 303 g/mol. The number of thiazole rings is 1. The highest BCUT2D eigenvalue weighted by atomic mass is 32.1. The number of fused-ring (bicyclic) bond motifs is 1. The molecule has 21 heavy (non-hydrogen) atoms. The summed E-state index contributed by atoms with van der Waals surface area (Å²) in [6, 6.07) is 6.41. The molecule has 0 spiro atoms. The minimum absolute atomic E-state index is 0.157. The summed E-state index contributed by atoms with van der Waals surface area (Å²) in [5.74, 6) is 0.157. The van der Waals surface area contributed by atoms with E-state index in [1.807, 2.05) is 28.6 Å². The fourth-order valence-corrected chi connectivity index (χ4v) is 3.69. The number of aromatic nitrogens is 1. The van der Waals surface area contributed by atoms with Crippen molar-refractivity contribution in [1.82, 2.24) is 14.8 Å². The number of benzene rings is 1. The summed E-state index contributed by atoms with van der Waals surface area (Å²) in [4.78, 5) is 21.2. The van der Waals surface area contributed by atoms with Crippen LogP contribution in [-0.2, 0) is 0 Å². The predicted octanol–water partition coefficient (Wildman–Crippen LogP) is 2.85. The van der Waals surface area contributed by atoms with Gasteiger partial charge in [-0.15, -0.1) is 11.3 Å². The molecule has 2 heterocycles. The zero-order chi connectivity index (χ0) is 14.8. The maximum atomic E-state index is 12.7. The lowest BCUT2D eigenvalue weighted by Crippen LogP contribution is -2.33. The Morgan fingerprint density at radius 1 is 1.33 bits per heavy atom. The van der Waals surface area contributed by atoms with Gasteiger partial charge in [0.15, 0.2) is 0 Å². The predicted molar refractivity (Wildman–Crippen MR) is 86.8 cm³/mol. The van der Waals surface area contributed by atoms with Gasteiger partial charge in [0.1, 0.15) is 0 Å². The Morgan fingerprint density at radius 2 is 2.19 bits per heavy atom. The number of amides is 1. The zero-order valence-corrected chi connectivity index (χ0v) is 13.4. The Kier molecular flexibility index (Phi) is 4.22. The molecule has 0 saturated carbocycles. The first-order chi connectivity index (χ1) is 10.1. The molecular formula is C16H21N3OS. The molecule has 0 radical (unpaired) electrons. The van der Waals surface area contributed by atoms with E-state index in [0.29, 0.717) is 6.04 Å². The third-order valence-corrected chi connectivity index (χ3v) is 5.09. The van der Waals surface area contributed by atoms with Crippen LogP contribution in [0.15, 0.2) is 23.7 Å². The Balaban J connectivity index is 1.75. The molecule has 1 fully saturated rings. The van der Waals surface area contributed by atoms with Crippen LogP contribution in [0.2, 0.25) is 0 Å². The maximum absolute atomic E-state index is 12.7. The first-order valence-corrected chi connectivity index (χ1v) is 8.32. The highest BCUT2D eigenvalue weighted by Gasteiger charge is 2.22. The summed E-state index contributed by atoms with van der Waals surface area (Å²) < 4.78 is 1.09. The van der Waals surface area contributed by atoms with E-state index >= 15 is 0 Å². The third kappa shape index (κ3) is 3.09. The van der Waals surface area contributed by atoms with Crippen LogP contribution < -0.4 is 0 Å². The van der Waals surface area contributed by atoms with E-state index in [-0.39, 0.29) is 5.91 Å².